The summed E-state index contributed by atoms with van der Waals surface area (Å²) in [4.78, 5) is 12.4. The first-order valence-electron chi connectivity index (χ1n) is 8.30. The number of phenolic OH excluding ortho intramolecular Hbond substituents is 1. The number of aliphatic hydroxyl groups is 1. The zero-order valence-electron chi connectivity index (χ0n) is 14.3. The first-order valence-corrected chi connectivity index (χ1v) is 8.30. The summed E-state index contributed by atoms with van der Waals surface area (Å²) in [5.74, 6) is -0.371. The van der Waals surface area contributed by atoms with E-state index < -0.39 is 11.5 Å². The SMILES string of the molecule is CCCCC(O)(CCCC)C(=O)N/N=C(\C)c1ccccc1O. The number of carbonyl (C=O) groups is 1. The van der Waals surface area contributed by atoms with Gasteiger partial charge in [-0.3, -0.25) is 4.79 Å². The fourth-order valence-electron chi connectivity index (χ4n) is 2.37. The van der Waals surface area contributed by atoms with Gasteiger partial charge in [0.15, 0.2) is 0 Å². The molecule has 128 valence electrons. The Labute approximate surface area is 138 Å². The molecule has 0 aliphatic carbocycles. The summed E-state index contributed by atoms with van der Waals surface area (Å²) in [6, 6.07) is 6.80. The van der Waals surface area contributed by atoms with E-state index in [1.165, 1.54) is 0 Å². The highest BCUT2D eigenvalue weighted by molar-refractivity contribution is 6.01. The number of benzene rings is 1. The van der Waals surface area contributed by atoms with E-state index in [-0.39, 0.29) is 5.75 Å². The van der Waals surface area contributed by atoms with Crippen LogP contribution in [0.4, 0.5) is 0 Å². The van der Waals surface area contributed by atoms with Crippen molar-refractivity contribution >= 4 is 11.6 Å². The summed E-state index contributed by atoms with van der Waals surface area (Å²) in [6.45, 7) is 5.75. The monoisotopic (exact) mass is 320 g/mol. The Balaban J connectivity index is 2.81. The minimum atomic E-state index is -1.38. The number of aromatic hydroxyl groups is 1. The van der Waals surface area contributed by atoms with Gasteiger partial charge in [-0.2, -0.15) is 5.10 Å². The number of nitrogens with one attached hydrogen (secondary N) is 1. The van der Waals surface area contributed by atoms with Crippen molar-refractivity contribution < 1.29 is 15.0 Å². The molecule has 0 unspecified atom stereocenters. The molecule has 5 heteroatoms. The van der Waals surface area contributed by atoms with Gasteiger partial charge in [0.05, 0.1) is 5.71 Å². The van der Waals surface area contributed by atoms with Crippen molar-refractivity contribution in [3.05, 3.63) is 29.8 Å². The van der Waals surface area contributed by atoms with Crippen LogP contribution in [0.2, 0.25) is 0 Å². The summed E-state index contributed by atoms with van der Waals surface area (Å²) >= 11 is 0. The molecule has 0 spiro atoms. The van der Waals surface area contributed by atoms with Crippen LogP contribution in [0.25, 0.3) is 0 Å². The fourth-order valence-corrected chi connectivity index (χ4v) is 2.37. The lowest BCUT2D eigenvalue weighted by atomic mass is 9.90. The molecule has 0 saturated heterocycles. The molecule has 5 nitrogen and oxygen atoms in total. The van der Waals surface area contributed by atoms with Crippen molar-refractivity contribution in [1.29, 1.82) is 0 Å². The second-order valence-corrected chi connectivity index (χ2v) is 5.89. The topological polar surface area (TPSA) is 81.9 Å². The summed E-state index contributed by atoms with van der Waals surface area (Å²) in [5.41, 5.74) is 2.12. The third kappa shape index (κ3) is 5.67. The number of hydrogen-bond donors (Lipinski definition) is 3. The van der Waals surface area contributed by atoms with E-state index in [9.17, 15) is 15.0 Å². The van der Waals surface area contributed by atoms with Crippen molar-refractivity contribution in [2.75, 3.05) is 0 Å². The lowest BCUT2D eigenvalue weighted by Gasteiger charge is -2.25. The van der Waals surface area contributed by atoms with Crippen LogP contribution in [0.3, 0.4) is 0 Å². The smallest absolute Gasteiger partial charge is 0.271 e. The Morgan fingerprint density at radius 1 is 1.17 bits per heavy atom. The van der Waals surface area contributed by atoms with Gasteiger partial charge in [0.25, 0.3) is 5.91 Å². The predicted octanol–water partition coefficient (Wildman–Crippen LogP) is 3.34. The average Bonchev–Trinajstić information content (AvgIpc) is 2.56. The van der Waals surface area contributed by atoms with Crippen LogP contribution in [-0.4, -0.2) is 27.4 Å². The normalized spacial score (nSPS) is 12.3. The minimum Gasteiger partial charge on any atom is -0.507 e. The van der Waals surface area contributed by atoms with Crippen molar-refractivity contribution in [1.82, 2.24) is 5.43 Å². The lowest BCUT2D eigenvalue weighted by Crippen LogP contribution is -2.45. The van der Waals surface area contributed by atoms with Crippen LogP contribution in [-0.2, 0) is 4.79 Å². The molecule has 0 fully saturated rings. The molecule has 1 rings (SSSR count). The highest BCUT2D eigenvalue weighted by atomic mass is 16.3. The highest BCUT2D eigenvalue weighted by Crippen LogP contribution is 2.22. The molecule has 0 heterocycles. The molecular weight excluding hydrogens is 292 g/mol. The van der Waals surface area contributed by atoms with E-state index in [0.717, 1.165) is 25.7 Å². The van der Waals surface area contributed by atoms with Gasteiger partial charge in [0, 0.05) is 5.56 Å². The number of rotatable bonds is 9. The zero-order valence-corrected chi connectivity index (χ0v) is 14.3. The number of para-hydroxylation sites is 1. The highest BCUT2D eigenvalue weighted by Gasteiger charge is 2.34. The molecule has 23 heavy (non-hydrogen) atoms. The number of unbranched alkanes of at least 4 members (excludes halogenated alkanes) is 2. The van der Waals surface area contributed by atoms with Crippen LogP contribution in [0.1, 0.15) is 64.9 Å². The second-order valence-electron chi connectivity index (χ2n) is 5.89. The molecule has 0 aliphatic heterocycles. The Hall–Kier alpha value is -1.88. The Morgan fingerprint density at radius 2 is 1.74 bits per heavy atom. The third-order valence-corrected chi connectivity index (χ3v) is 3.93. The zero-order chi connectivity index (χ0) is 17.3. The molecule has 0 bridgehead atoms. The van der Waals surface area contributed by atoms with Crippen LogP contribution in [0.15, 0.2) is 29.4 Å². The third-order valence-electron chi connectivity index (χ3n) is 3.93. The van der Waals surface area contributed by atoms with Crippen LogP contribution in [0.5, 0.6) is 5.75 Å². The van der Waals surface area contributed by atoms with Gasteiger partial charge in [-0.25, -0.2) is 5.43 Å². The predicted molar refractivity (Wildman–Crippen MR) is 92.5 cm³/mol. The number of carbonyl (C=O) groups excluding carboxylic acids is 1. The van der Waals surface area contributed by atoms with Crippen molar-refractivity contribution in [3.63, 3.8) is 0 Å². The molecule has 1 amide bonds. The maximum Gasteiger partial charge on any atom is 0.271 e. The summed E-state index contributed by atoms with van der Waals surface area (Å²) in [6.07, 6.45) is 4.27. The van der Waals surface area contributed by atoms with E-state index in [0.29, 0.717) is 24.1 Å². The fraction of sp³-hybridized carbons (Fsp3) is 0.556. The van der Waals surface area contributed by atoms with Crippen molar-refractivity contribution in [2.45, 2.75) is 64.9 Å². The number of phenols is 1. The molecule has 0 aromatic heterocycles. The molecular formula is C18H28N2O3. The molecule has 0 saturated carbocycles. The average molecular weight is 320 g/mol. The largest absolute Gasteiger partial charge is 0.507 e. The maximum absolute atomic E-state index is 12.4. The van der Waals surface area contributed by atoms with Gasteiger partial charge in [-0.15, -0.1) is 0 Å². The van der Waals surface area contributed by atoms with Crippen molar-refractivity contribution in [3.8, 4) is 5.75 Å². The minimum absolute atomic E-state index is 0.107. The van der Waals surface area contributed by atoms with E-state index in [1.807, 2.05) is 13.8 Å². The van der Waals surface area contributed by atoms with Crippen LogP contribution >= 0.6 is 0 Å². The molecule has 0 atom stereocenters. The second kappa shape index (κ2) is 9.30. The number of amides is 1. The first-order chi connectivity index (χ1) is 10.9. The summed E-state index contributed by atoms with van der Waals surface area (Å²) < 4.78 is 0. The van der Waals surface area contributed by atoms with Crippen molar-refractivity contribution in [2.24, 2.45) is 5.10 Å². The van der Waals surface area contributed by atoms with Gasteiger partial charge < -0.3 is 10.2 Å². The van der Waals surface area contributed by atoms with E-state index in [2.05, 4.69) is 10.5 Å². The van der Waals surface area contributed by atoms with Crippen LogP contribution < -0.4 is 5.43 Å². The summed E-state index contributed by atoms with van der Waals surface area (Å²) in [5, 5.41) is 24.5. The van der Waals surface area contributed by atoms with E-state index in [1.54, 1.807) is 31.2 Å². The Bertz CT molecular complexity index is 533. The molecule has 1 aromatic carbocycles. The van der Waals surface area contributed by atoms with Gasteiger partial charge in [-0.05, 0) is 31.9 Å². The molecule has 0 aliphatic rings. The van der Waals surface area contributed by atoms with E-state index >= 15 is 0 Å². The van der Waals surface area contributed by atoms with E-state index in [4.69, 9.17) is 0 Å². The lowest BCUT2D eigenvalue weighted by molar-refractivity contribution is -0.141. The number of hydrazone groups is 1. The quantitative estimate of drug-likeness (QED) is 0.482. The molecule has 3 N–H and O–H groups in total. The number of nitrogens with zero attached hydrogens (tertiary/aromatic N) is 1. The number of hydrogen-bond acceptors (Lipinski definition) is 4. The van der Waals surface area contributed by atoms with Gasteiger partial charge in [0.2, 0.25) is 0 Å². The van der Waals surface area contributed by atoms with Gasteiger partial charge in [-0.1, -0.05) is 51.7 Å². The Morgan fingerprint density at radius 3 is 2.26 bits per heavy atom. The first kappa shape index (κ1) is 19.2. The standard InChI is InChI=1S/C18H28N2O3/c1-4-6-12-18(23,13-7-5-2)17(22)20-19-14(3)15-10-8-9-11-16(15)21/h8-11,21,23H,4-7,12-13H2,1-3H3,(H,20,22)/b19-14+. The molecule has 0 radical (unpaired) electrons. The summed E-state index contributed by atoms with van der Waals surface area (Å²) in [7, 11) is 0. The van der Waals surface area contributed by atoms with Crippen LogP contribution in [0, 0.1) is 0 Å². The van der Waals surface area contributed by atoms with Gasteiger partial charge in [0.1, 0.15) is 11.4 Å². The maximum atomic E-state index is 12.4. The Kier molecular flexibility index (Phi) is 7.75. The van der Waals surface area contributed by atoms with Gasteiger partial charge >= 0.3 is 0 Å². The molecule has 1 aromatic rings.